The Balaban J connectivity index is 1.90. The molecule has 1 saturated heterocycles. The lowest BCUT2D eigenvalue weighted by atomic mass is 10.1. The molecule has 1 aromatic rings. The Bertz CT molecular complexity index is 584. The molecule has 0 aliphatic carbocycles. The van der Waals surface area contributed by atoms with Gasteiger partial charge in [0.2, 0.25) is 17.7 Å². The molecule has 0 spiro atoms. The van der Waals surface area contributed by atoms with Crippen LogP contribution in [-0.2, 0) is 14.4 Å². The predicted octanol–water partition coefficient (Wildman–Crippen LogP) is 0.339. The number of nitrogens with one attached hydrogen (secondary N) is 2. The Kier molecular flexibility index (Phi) is 5.30. The van der Waals surface area contributed by atoms with E-state index < -0.39 is 18.0 Å². The van der Waals surface area contributed by atoms with Gasteiger partial charge in [0, 0.05) is 6.42 Å². The Morgan fingerprint density at radius 2 is 2.09 bits per heavy atom. The fourth-order valence-corrected chi connectivity index (χ4v) is 2.23. The number of benzene rings is 1. The van der Waals surface area contributed by atoms with Crippen molar-refractivity contribution < 1.29 is 14.4 Å². The van der Waals surface area contributed by atoms with E-state index in [2.05, 4.69) is 10.6 Å². The Morgan fingerprint density at radius 1 is 1.36 bits per heavy atom. The fourth-order valence-electron chi connectivity index (χ4n) is 2.23. The summed E-state index contributed by atoms with van der Waals surface area (Å²) in [6.45, 7) is 0. The van der Waals surface area contributed by atoms with Gasteiger partial charge in [0.15, 0.2) is 0 Å². The molecule has 116 valence electrons. The van der Waals surface area contributed by atoms with Crippen LogP contribution in [0.5, 0.6) is 0 Å². The highest BCUT2D eigenvalue weighted by molar-refractivity contribution is 5.93. The van der Waals surface area contributed by atoms with Crippen LogP contribution in [-0.4, -0.2) is 29.8 Å². The lowest BCUT2D eigenvalue weighted by Crippen LogP contribution is -2.50. The predicted molar refractivity (Wildman–Crippen MR) is 82.4 cm³/mol. The van der Waals surface area contributed by atoms with Gasteiger partial charge in [-0.2, -0.15) is 0 Å². The van der Waals surface area contributed by atoms with Gasteiger partial charge in [0.1, 0.15) is 12.1 Å². The molecule has 0 radical (unpaired) electrons. The average molecular weight is 301 g/mol. The van der Waals surface area contributed by atoms with E-state index in [1.54, 1.807) is 6.08 Å². The molecule has 3 amide bonds. The normalized spacial score (nSPS) is 18.9. The molecule has 4 N–H and O–H groups in total. The van der Waals surface area contributed by atoms with Gasteiger partial charge in [0.25, 0.3) is 0 Å². The maximum Gasteiger partial charge on any atom is 0.243 e. The number of hydrogen-bond donors (Lipinski definition) is 3. The van der Waals surface area contributed by atoms with E-state index in [0.29, 0.717) is 19.3 Å². The molecule has 1 aromatic carbocycles. The molecule has 0 saturated carbocycles. The number of carbonyl (C=O) groups is 3. The van der Waals surface area contributed by atoms with Crippen LogP contribution in [0.1, 0.15) is 24.8 Å². The molecule has 22 heavy (non-hydrogen) atoms. The standard InChI is InChI=1S/C16H19N3O3/c17-15(21)12(8-4-7-11-5-2-1-3-6-11)19-16(22)13-9-10-14(20)18-13/h1-7,12-13H,8-10H2,(H2,17,21)(H,18,20)(H,19,22)/b7-4+/t12-,13+/m0/s1. The molecule has 2 rings (SSSR count). The van der Waals surface area contributed by atoms with Crippen molar-refractivity contribution in [3.8, 4) is 0 Å². The number of amides is 3. The second kappa shape index (κ2) is 7.40. The largest absolute Gasteiger partial charge is 0.368 e. The number of carbonyl (C=O) groups excluding carboxylic acids is 3. The van der Waals surface area contributed by atoms with E-state index in [4.69, 9.17) is 5.73 Å². The van der Waals surface area contributed by atoms with Crippen LogP contribution < -0.4 is 16.4 Å². The maximum absolute atomic E-state index is 12.0. The zero-order chi connectivity index (χ0) is 15.9. The van der Waals surface area contributed by atoms with E-state index in [1.165, 1.54) is 0 Å². The number of primary amides is 1. The van der Waals surface area contributed by atoms with E-state index in [1.807, 2.05) is 36.4 Å². The first-order valence-corrected chi connectivity index (χ1v) is 7.17. The molecule has 1 aliphatic rings. The molecule has 0 aromatic heterocycles. The van der Waals surface area contributed by atoms with Crippen molar-refractivity contribution in [2.45, 2.75) is 31.3 Å². The first-order chi connectivity index (χ1) is 10.6. The van der Waals surface area contributed by atoms with Gasteiger partial charge in [-0.05, 0) is 18.4 Å². The smallest absolute Gasteiger partial charge is 0.243 e. The highest BCUT2D eigenvalue weighted by Crippen LogP contribution is 2.08. The van der Waals surface area contributed by atoms with Crippen LogP contribution in [0.3, 0.4) is 0 Å². The van der Waals surface area contributed by atoms with E-state index in [-0.39, 0.29) is 11.8 Å². The minimum absolute atomic E-state index is 0.153. The monoisotopic (exact) mass is 301 g/mol. The maximum atomic E-state index is 12.0. The molecular weight excluding hydrogens is 282 g/mol. The number of rotatable bonds is 6. The first kappa shape index (κ1) is 15.8. The SMILES string of the molecule is NC(=O)[C@H](C/C=C/c1ccccc1)NC(=O)[C@H]1CCC(=O)N1. The van der Waals surface area contributed by atoms with Gasteiger partial charge >= 0.3 is 0 Å². The number of nitrogens with two attached hydrogens (primary N) is 1. The van der Waals surface area contributed by atoms with Crippen molar-refractivity contribution in [1.82, 2.24) is 10.6 Å². The topological polar surface area (TPSA) is 101 Å². The van der Waals surface area contributed by atoms with Crippen molar-refractivity contribution in [2.24, 2.45) is 5.73 Å². The second-order valence-electron chi connectivity index (χ2n) is 5.17. The Morgan fingerprint density at radius 3 is 2.68 bits per heavy atom. The van der Waals surface area contributed by atoms with Crippen LogP contribution in [0.25, 0.3) is 6.08 Å². The minimum atomic E-state index is -0.787. The van der Waals surface area contributed by atoms with E-state index in [0.717, 1.165) is 5.56 Å². The quantitative estimate of drug-likeness (QED) is 0.706. The summed E-state index contributed by atoms with van der Waals surface area (Å²) in [5, 5.41) is 5.14. The summed E-state index contributed by atoms with van der Waals surface area (Å²) in [5.74, 6) is -1.13. The van der Waals surface area contributed by atoms with Gasteiger partial charge in [-0.25, -0.2) is 0 Å². The summed E-state index contributed by atoms with van der Waals surface area (Å²) >= 11 is 0. The molecule has 1 heterocycles. The second-order valence-corrected chi connectivity index (χ2v) is 5.17. The third-order valence-corrected chi connectivity index (χ3v) is 3.45. The van der Waals surface area contributed by atoms with Crippen molar-refractivity contribution in [2.75, 3.05) is 0 Å². The molecule has 1 aliphatic heterocycles. The van der Waals surface area contributed by atoms with Gasteiger partial charge in [-0.3, -0.25) is 14.4 Å². The van der Waals surface area contributed by atoms with Gasteiger partial charge in [-0.15, -0.1) is 0 Å². The van der Waals surface area contributed by atoms with Gasteiger partial charge < -0.3 is 16.4 Å². The van der Waals surface area contributed by atoms with Crippen molar-refractivity contribution in [3.63, 3.8) is 0 Å². The molecule has 2 atom stereocenters. The summed E-state index contributed by atoms with van der Waals surface area (Å²) in [6, 6.07) is 8.24. The van der Waals surface area contributed by atoms with E-state index >= 15 is 0 Å². The molecule has 6 nitrogen and oxygen atoms in total. The first-order valence-electron chi connectivity index (χ1n) is 7.17. The molecule has 6 heteroatoms. The fraction of sp³-hybridized carbons (Fsp3) is 0.312. The Labute approximate surface area is 128 Å². The van der Waals surface area contributed by atoms with Crippen molar-refractivity contribution >= 4 is 23.8 Å². The summed E-state index contributed by atoms with van der Waals surface area (Å²) in [5.41, 5.74) is 6.32. The van der Waals surface area contributed by atoms with Crippen LogP contribution in [0, 0.1) is 0 Å². The van der Waals surface area contributed by atoms with Crippen LogP contribution in [0.4, 0.5) is 0 Å². The van der Waals surface area contributed by atoms with Crippen molar-refractivity contribution in [3.05, 3.63) is 42.0 Å². The van der Waals surface area contributed by atoms with E-state index in [9.17, 15) is 14.4 Å². The lowest BCUT2D eigenvalue weighted by Gasteiger charge is -2.16. The summed E-state index contributed by atoms with van der Waals surface area (Å²) in [4.78, 5) is 34.5. The highest BCUT2D eigenvalue weighted by Gasteiger charge is 2.29. The van der Waals surface area contributed by atoms with Gasteiger partial charge in [0.05, 0.1) is 0 Å². The average Bonchev–Trinajstić information content (AvgIpc) is 2.93. The molecule has 1 fully saturated rings. The molecule has 0 unspecified atom stereocenters. The summed E-state index contributed by atoms with van der Waals surface area (Å²) in [6.07, 6.45) is 4.72. The zero-order valence-electron chi connectivity index (χ0n) is 12.1. The summed E-state index contributed by atoms with van der Waals surface area (Å²) in [7, 11) is 0. The third kappa shape index (κ3) is 4.44. The highest BCUT2D eigenvalue weighted by atomic mass is 16.2. The van der Waals surface area contributed by atoms with Crippen molar-refractivity contribution in [1.29, 1.82) is 0 Å². The molecule has 0 bridgehead atoms. The van der Waals surface area contributed by atoms with Crippen LogP contribution >= 0.6 is 0 Å². The van der Waals surface area contributed by atoms with Crippen LogP contribution in [0.2, 0.25) is 0 Å². The minimum Gasteiger partial charge on any atom is -0.368 e. The lowest BCUT2D eigenvalue weighted by molar-refractivity contribution is -0.129. The Hall–Kier alpha value is -2.63. The van der Waals surface area contributed by atoms with Crippen LogP contribution in [0.15, 0.2) is 36.4 Å². The summed E-state index contributed by atoms with van der Waals surface area (Å²) < 4.78 is 0. The zero-order valence-corrected chi connectivity index (χ0v) is 12.1. The number of hydrogen-bond acceptors (Lipinski definition) is 3. The van der Waals surface area contributed by atoms with Gasteiger partial charge in [-0.1, -0.05) is 42.5 Å². The molecular formula is C16H19N3O3. The third-order valence-electron chi connectivity index (χ3n) is 3.45.